The number of hydrogen-bond donors (Lipinski definition) is 1. The number of thioether (sulfide) groups is 1. The van der Waals surface area contributed by atoms with Gasteiger partial charge in [0, 0.05) is 10.8 Å². The van der Waals surface area contributed by atoms with Gasteiger partial charge >= 0.3 is 5.69 Å². The Bertz CT molecular complexity index is 919. The fourth-order valence-electron chi connectivity index (χ4n) is 1.96. The molecule has 0 aliphatic rings. The summed E-state index contributed by atoms with van der Waals surface area (Å²) in [6.07, 6.45) is 0. The summed E-state index contributed by atoms with van der Waals surface area (Å²) < 4.78 is 2.16. The summed E-state index contributed by atoms with van der Waals surface area (Å²) in [7, 11) is 0. The molecule has 0 fully saturated rings. The fourth-order valence-corrected chi connectivity index (χ4v) is 2.89. The van der Waals surface area contributed by atoms with Crippen LogP contribution in [0, 0.1) is 0 Å². The second-order valence-electron chi connectivity index (χ2n) is 4.76. The van der Waals surface area contributed by atoms with Crippen molar-refractivity contribution in [2.24, 2.45) is 5.73 Å². The van der Waals surface area contributed by atoms with Gasteiger partial charge in [-0.25, -0.2) is 9.48 Å². The first-order valence-corrected chi connectivity index (χ1v) is 8.02. The number of carbonyl (C=O) groups is 1. The summed E-state index contributed by atoms with van der Waals surface area (Å²) in [5.41, 5.74) is 6.06. The van der Waals surface area contributed by atoms with E-state index >= 15 is 0 Å². The Morgan fingerprint density at radius 3 is 2.61 bits per heavy atom. The van der Waals surface area contributed by atoms with E-state index < -0.39 is 11.6 Å². The van der Waals surface area contributed by atoms with Crippen molar-refractivity contribution < 1.29 is 4.79 Å². The maximum atomic E-state index is 12.1. The van der Waals surface area contributed by atoms with E-state index in [0.717, 1.165) is 14.8 Å². The highest BCUT2D eigenvalue weighted by Crippen LogP contribution is 2.21. The van der Waals surface area contributed by atoms with Crippen molar-refractivity contribution >= 4 is 34.9 Å². The number of aromatic nitrogens is 4. The molecular weight excluding hydrogens is 338 g/mol. The van der Waals surface area contributed by atoms with Crippen LogP contribution >= 0.6 is 23.4 Å². The number of hydrogen-bond acceptors (Lipinski definition) is 5. The van der Waals surface area contributed by atoms with Crippen LogP contribution in [0.15, 0.2) is 46.2 Å². The van der Waals surface area contributed by atoms with Crippen LogP contribution in [0.2, 0.25) is 5.02 Å². The molecule has 23 heavy (non-hydrogen) atoms. The van der Waals surface area contributed by atoms with Gasteiger partial charge in [-0.3, -0.25) is 4.79 Å². The molecule has 0 saturated heterocycles. The minimum absolute atomic E-state index is 0.268. The van der Waals surface area contributed by atoms with Crippen molar-refractivity contribution in [3.63, 3.8) is 0 Å². The third-order valence-electron chi connectivity index (χ3n) is 3.02. The number of nitrogens with zero attached hydrogens (tertiary/aromatic N) is 4. The minimum Gasteiger partial charge on any atom is -0.368 e. The van der Waals surface area contributed by atoms with Gasteiger partial charge < -0.3 is 5.73 Å². The van der Waals surface area contributed by atoms with E-state index in [1.807, 2.05) is 24.3 Å². The topological polar surface area (TPSA) is 95.3 Å². The number of rotatable bonds is 5. The highest BCUT2D eigenvalue weighted by molar-refractivity contribution is 7.98. The highest BCUT2D eigenvalue weighted by Gasteiger charge is 2.10. The van der Waals surface area contributed by atoms with Gasteiger partial charge in [-0.2, -0.15) is 9.61 Å². The molecule has 0 aliphatic heterocycles. The van der Waals surface area contributed by atoms with E-state index in [1.54, 1.807) is 12.1 Å². The summed E-state index contributed by atoms with van der Waals surface area (Å²) in [5, 5.41) is 9.60. The van der Waals surface area contributed by atoms with E-state index in [-0.39, 0.29) is 6.54 Å². The number of fused-ring (bicyclic) bond motifs is 1. The maximum Gasteiger partial charge on any atom is 0.367 e. The van der Waals surface area contributed by atoms with Crippen LogP contribution in [0.4, 0.5) is 0 Å². The third kappa shape index (κ3) is 3.54. The zero-order chi connectivity index (χ0) is 16.4. The van der Waals surface area contributed by atoms with Crippen LogP contribution in [0.5, 0.6) is 0 Å². The van der Waals surface area contributed by atoms with E-state index in [1.165, 1.54) is 11.8 Å². The number of nitrogens with two attached hydrogens (primary N) is 1. The monoisotopic (exact) mass is 349 g/mol. The van der Waals surface area contributed by atoms with Crippen LogP contribution in [0.25, 0.3) is 5.65 Å². The molecule has 0 aliphatic carbocycles. The number of carbonyl (C=O) groups excluding carboxylic acids is 1. The lowest BCUT2D eigenvalue weighted by Crippen LogP contribution is -2.29. The Morgan fingerprint density at radius 1 is 1.17 bits per heavy atom. The third-order valence-corrected chi connectivity index (χ3v) is 4.26. The van der Waals surface area contributed by atoms with Gasteiger partial charge in [0.15, 0.2) is 5.65 Å². The Kier molecular flexibility index (Phi) is 4.35. The smallest absolute Gasteiger partial charge is 0.367 e. The summed E-state index contributed by atoms with van der Waals surface area (Å²) >= 11 is 7.33. The average Bonchev–Trinajstić information content (AvgIpc) is 2.82. The molecule has 2 aromatic heterocycles. The second kappa shape index (κ2) is 6.43. The number of benzene rings is 1. The standard InChI is InChI=1S/C14H12ClN5O2S/c15-10-3-1-9(2-4-10)8-23-13-6-5-12-17-19(7-11(16)21)14(22)20(12)18-13/h1-6H,7-8H2,(H2,16,21). The lowest BCUT2D eigenvalue weighted by Gasteiger charge is -2.01. The predicted molar refractivity (Wildman–Crippen MR) is 87.5 cm³/mol. The molecule has 2 N–H and O–H groups in total. The first kappa shape index (κ1) is 15.6. The first-order valence-electron chi connectivity index (χ1n) is 6.65. The SMILES string of the molecule is NC(=O)Cn1nc2ccc(SCc3ccc(Cl)cc3)nn2c1=O. The van der Waals surface area contributed by atoms with Gasteiger partial charge in [0.25, 0.3) is 0 Å². The van der Waals surface area contributed by atoms with Crippen molar-refractivity contribution in [2.75, 3.05) is 0 Å². The lowest BCUT2D eigenvalue weighted by atomic mass is 10.2. The summed E-state index contributed by atoms with van der Waals surface area (Å²) in [5.74, 6) is 0.0627. The van der Waals surface area contributed by atoms with E-state index in [9.17, 15) is 9.59 Å². The summed E-state index contributed by atoms with van der Waals surface area (Å²) in [4.78, 5) is 23.0. The van der Waals surface area contributed by atoms with Crippen LogP contribution < -0.4 is 11.4 Å². The molecule has 118 valence electrons. The maximum absolute atomic E-state index is 12.1. The van der Waals surface area contributed by atoms with Crippen LogP contribution in [0.1, 0.15) is 5.56 Å². The second-order valence-corrected chi connectivity index (χ2v) is 6.20. The molecule has 2 heterocycles. The first-order chi connectivity index (χ1) is 11.0. The molecule has 0 radical (unpaired) electrons. The molecule has 9 heteroatoms. The van der Waals surface area contributed by atoms with E-state index in [0.29, 0.717) is 21.4 Å². The molecule has 1 aromatic carbocycles. The molecule has 0 spiro atoms. The normalized spacial score (nSPS) is 11.0. The molecule has 1 amide bonds. The Labute approximate surface area is 140 Å². The number of amides is 1. The quantitative estimate of drug-likeness (QED) is 0.701. The fraction of sp³-hybridized carbons (Fsp3) is 0.143. The van der Waals surface area contributed by atoms with Crippen molar-refractivity contribution in [1.29, 1.82) is 0 Å². The molecular formula is C14H12ClN5O2S. The predicted octanol–water partition coefficient (Wildman–Crippen LogP) is 1.32. The van der Waals surface area contributed by atoms with E-state index in [4.69, 9.17) is 17.3 Å². The van der Waals surface area contributed by atoms with Gasteiger partial charge in [0.05, 0.1) is 0 Å². The molecule has 0 bridgehead atoms. The zero-order valence-corrected chi connectivity index (χ0v) is 13.4. The number of primary amides is 1. The van der Waals surface area contributed by atoms with Crippen molar-refractivity contribution in [2.45, 2.75) is 17.3 Å². The Balaban J connectivity index is 1.82. The van der Waals surface area contributed by atoms with Crippen molar-refractivity contribution in [3.8, 4) is 0 Å². The summed E-state index contributed by atoms with van der Waals surface area (Å²) in [6, 6.07) is 11.0. The van der Waals surface area contributed by atoms with Gasteiger partial charge in [-0.05, 0) is 29.8 Å². The van der Waals surface area contributed by atoms with Gasteiger partial charge in [0.1, 0.15) is 11.6 Å². The van der Waals surface area contributed by atoms with Crippen LogP contribution in [-0.4, -0.2) is 25.3 Å². The van der Waals surface area contributed by atoms with Gasteiger partial charge in [-0.1, -0.05) is 35.5 Å². The van der Waals surface area contributed by atoms with Gasteiger partial charge in [-0.15, -0.1) is 5.10 Å². The van der Waals surface area contributed by atoms with Crippen molar-refractivity contribution in [3.05, 3.63) is 57.5 Å². The van der Waals surface area contributed by atoms with Gasteiger partial charge in [0.2, 0.25) is 5.91 Å². The summed E-state index contributed by atoms with van der Waals surface area (Å²) in [6.45, 7) is -0.268. The molecule has 0 atom stereocenters. The Morgan fingerprint density at radius 2 is 1.91 bits per heavy atom. The Hall–Kier alpha value is -2.32. The molecule has 0 saturated carbocycles. The minimum atomic E-state index is -0.632. The zero-order valence-electron chi connectivity index (χ0n) is 11.8. The average molecular weight is 350 g/mol. The molecule has 7 nitrogen and oxygen atoms in total. The van der Waals surface area contributed by atoms with Crippen LogP contribution in [-0.2, 0) is 17.1 Å². The lowest BCUT2D eigenvalue weighted by molar-refractivity contribution is -0.118. The van der Waals surface area contributed by atoms with Crippen molar-refractivity contribution in [1.82, 2.24) is 19.4 Å². The highest BCUT2D eigenvalue weighted by atomic mass is 35.5. The van der Waals surface area contributed by atoms with E-state index in [2.05, 4.69) is 10.2 Å². The number of halogens is 1. The largest absolute Gasteiger partial charge is 0.368 e. The molecule has 0 unspecified atom stereocenters. The van der Waals surface area contributed by atoms with Crippen LogP contribution in [0.3, 0.4) is 0 Å². The molecule has 3 rings (SSSR count). The molecule has 3 aromatic rings.